The van der Waals surface area contributed by atoms with Crippen LogP contribution in [0.25, 0.3) is 11.4 Å². The van der Waals surface area contributed by atoms with Crippen LogP contribution in [0, 0.1) is 0 Å². The van der Waals surface area contributed by atoms with Gasteiger partial charge in [-0.1, -0.05) is 30.7 Å². The molecule has 2 atom stereocenters. The molecule has 10 heteroatoms. The van der Waals surface area contributed by atoms with E-state index in [-0.39, 0.29) is 36.0 Å². The third-order valence-corrected chi connectivity index (χ3v) is 6.88. The molecule has 0 spiro atoms. The van der Waals surface area contributed by atoms with Gasteiger partial charge in [0.25, 0.3) is 0 Å². The Morgan fingerprint density at radius 3 is 2.78 bits per heavy atom. The number of rotatable bonds is 6. The zero-order chi connectivity index (χ0) is 19.6. The fourth-order valence-corrected chi connectivity index (χ4v) is 5.20. The number of sulfone groups is 1. The first-order chi connectivity index (χ1) is 12.8. The van der Waals surface area contributed by atoms with Crippen molar-refractivity contribution in [3.63, 3.8) is 0 Å². The summed E-state index contributed by atoms with van der Waals surface area (Å²) in [5.41, 5.74) is 0.638. The van der Waals surface area contributed by atoms with Gasteiger partial charge in [-0.15, -0.1) is 10.2 Å². The van der Waals surface area contributed by atoms with E-state index in [9.17, 15) is 13.2 Å². The van der Waals surface area contributed by atoms with E-state index < -0.39 is 9.84 Å². The summed E-state index contributed by atoms with van der Waals surface area (Å²) in [7, 11) is -3.08. The molecule has 146 valence electrons. The summed E-state index contributed by atoms with van der Waals surface area (Å²) in [6.07, 6.45) is 1.20. The van der Waals surface area contributed by atoms with Crippen LogP contribution >= 0.6 is 11.6 Å². The average molecular weight is 412 g/mol. The summed E-state index contributed by atoms with van der Waals surface area (Å²) in [6, 6.07) is 6.76. The van der Waals surface area contributed by atoms with Gasteiger partial charge < -0.3 is 4.90 Å². The van der Waals surface area contributed by atoms with E-state index in [1.807, 2.05) is 19.9 Å². The molecule has 1 amide bonds. The average Bonchev–Trinajstić information content (AvgIpc) is 3.21. The van der Waals surface area contributed by atoms with Crippen LogP contribution in [-0.2, 0) is 21.2 Å². The number of hydrogen-bond acceptors (Lipinski definition) is 6. The Morgan fingerprint density at radius 1 is 1.41 bits per heavy atom. The van der Waals surface area contributed by atoms with Crippen LogP contribution in [0.4, 0.5) is 0 Å². The summed E-state index contributed by atoms with van der Waals surface area (Å²) in [6.45, 7) is 3.79. The zero-order valence-corrected chi connectivity index (χ0v) is 16.8. The highest BCUT2D eigenvalue weighted by Crippen LogP contribution is 2.24. The van der Waals surface area contributed by atoms with Gasteiger partial charge in [0.2, 0.25) is 11.7 Å². The lowest BCUT2D eigenvalue weighted by Gasteiger charge is -2.33. The summed E-state index contributed by atoms with van der Waals surface area (Å²) >= 11 is 6.15. The summed E-state index contributed by atoms with van der Waals surface area (Å²) in [4.78, 5) is 15.8. The maximum absolute atomic E-state index is 12.9. The van der Waals surface area contributed by atoms with Crippen molar-refractivity contribution in [2.45, 2.75) is 45.3 Å². The Kier molecular flexibility index (Phi) is 5.81. The molecule has 0 bridgehead atoms. The molecule has 1 fully saturated rings. The molecule has 1 saturated heterocycles. The van der Waals surface area contributed by atoms with Crippen molar-refractivity contribution in [1.82, 2.24) is 25.1 Å². The Bertz CT molecular complexity index is 930. The fraction of sp³-hybridized carbons (Fsp3) is 0.529. The lowest BCUT2D eigenvalue weighted by atomic mass is 10.1. The van der Waals surface area contributed by atoms with E-state index in [1.54, 1.807) is 23.1 Å². The number of carbonyl (C=O) groups is 1. The van der Waals surface area contributed by atoms with E-state index >= 15 is 0 Å². The Morgan fingerprint density at radius 2 is 2.15 bits per heavy atom. The van der Waals surface area contributed by atoms with Gasteiger partial charge >= 0.3 is 0 Å². The van der Waals surface area contributed by atoms with Crippen molar-refractivity contribution >= 4 is 27.3 Å². The van der Waals surface area contributed by atoms with E-state index in [4.69, 9.17) is 11.6 Å². The van der Waals surface area contributed by atoms with Gasteiger partial charge in [0.1, 0.15) is 6.54 Å². The smallest absolute Gasteiger partial charge is 0.246 e. The molecule has 1 aromatic carbocycles. The number of carbonyl (C=O) groups excluding carboxylic acids is 1. The van der Waals surface area contributed by atoms with Gasteiger partial charge in [0, 0.05) is 17.6 Å². The van der Waals surface area contributed by atoms with Gasteiger partial charge in [0.05, 0.1) is 16.5 Å². The van der Waals surface area contributed by atoms with Gasteiger partial charge in [-0.2, -0.15) is 4.80 Å². The molecule has 27 heavy (non-hydrogen) atoms. The van der Waals surface area contributed by atoms with Gasteiger partial charge in [-0.25, -0.2) is 8.42 Å². The molecular weight excluding hydrogens is 390 g/mol. The second-order valence-corrected chi connectivity index (χ2v) is 9.37. The monoisotopic (exact) mass is 411 g/mol. The molecule has 8 nitrogen and oxygen atoms in total. The minimum Gasteiger partial charge on any atom is -0.334 e. The van der Waals surface area contributed by atoms with Gasteiger partial charge in [-0.05, 0) is 37.1 Å². The predicted molar refractivity (Wildman–Crippen MR) is 102 cm³/mol. The largest absolute Gasteiger partial charge is 0.334 e. The van der Waals surface area contributed by atoms with Crippen molar-refractivity contribution in [1.29, 1.82) is 0 Å². The topological polar surface area (TPSA) is 98.1 Å². The van der Waals surface area contributed by atoms with Gasteiger partial charge in [-0.3, -0.25) is 4.79 Å². The van der Waals surface area contributed by atoms with Crippen LogP contribution in [0.3, 0.4) is 0 Å². The van der Waals surface area contributed by atoms with Crippen LogP contribution < -0.4 is 0 Å². The first kappa shape index (κ1) is 19.8. The Hall–Kier alpha value is -2.00. The first-order valence-electron chi connectivity index (χ1n) is 8.85. The Balaban J connectivity index is 1.77. The number of halogens is 1. The third-order valence-electron chi connectivity index (χ3n) is 4.80. The Labute approximate surface area is 163 Å². The molecule has 0 unspecified atom stereocenters. The molecule has 1 aromatic heterocycles. The number of aromatic nitrogens is 4. The van der Waals surface area contributed by atoms with E-state index in [0.29, 0.717) is 22.8 Å². The molecule has 2 heterocycles. The second kappa shape index (κ2) is 7.93. The summed E-state index contributed by atoms with van der Waals surface area (Å²) in [5, 5.41) is 12.7. The molecule has 0 saturated carbocycles. The van der Waals surface area contributed by atoms with Crippen molar-refractivity contribution in [3.05, 3.63) is 29.3 Å². The molecule has 1 aliphatic rings. The molecule has 0 N–H and O–H groups in total. The SMILES string of the molecule is CC[C@H](C)N(C(=O)Cn1nnc(-c2ccccc2Cl)n1)[C@@H]1CCS(=O)(=O)C1. The normalized spacial score (nSPS) is 19.7. The number of tetrazole rings is 1. The molecule has 2 aromatic rings. The maximum Gasteiger partial charge on any atom is 0.246 e. The molecule has 0 radical (unpaired) electrons. The molecule has 0 aliphatic carbocycles. The second-order valence-electron chi connectivity index (χ2n) is 6.74. The standard InChI is InChI=1S/C17H22ClN5O3S/c1-3-12(2)23(13-8-9-27(25,26)11-13)16(24)10-22-20-17(19-21-22)14-6-4-5-7-15(14)18/h4-7,12-13H,3,8-11H2,1-2H3/t12-,13+/m0/s1. The van der Waals surface area contributed by atoms with Crippen LogP contribution in [0.1, 0.15) is 26.7 Å². The summed E-state index contributed by atoms with van der Waals surface area (Å²) < 4.78 is 23.7. The van der Waals surface area contributed by atoms with Crippen molar-refractivity contribution in [2.24, 2.45) is 0 Å². The van der Waals surface area contributed by atoms with Crippen LogP contribution in [0.2, 0.25) is 5.02 Å². The summed E-state index contributed by atoms with van der Waals surface area (Å²) in [5.74, 6) is 0.260. The van der Waals surface area contributed by atoms with Gasteiger partial charge in [0.15, 0.2) is 9.84 Å². The van der Waals surface area contributed by atoms with E-state index in [0.717, 1.165) is 6.42 Å². The van der Waals surface area contributed by atoms with Crippen LogP contribution in [-0.4, -0.2) is 63.0 Å². The highest BCUT2D eigenvalue weighted by molar-refractivity contribution is 7.91. The zero-order valence-electron chi connectivity index (χ0n) is 15.2. The number of nitrogens with zero attached hydrogens (tertiary/aromatic N) is 5. The number of benzene rings is 1. The minimum atomic E-state index is -3.08. The van der Waals surface area contributed by atoms with E-state index in [1.165, 1.54) is 4.80 Å². The van der Waals surface area contributed by atoms with E-state index in [2.05, 4.69) is 15.4 Å². The van der Waals surface area contributed by atoms with Crippen molar-refractivity contribution in [2.75, 3.05) is 11.5 Å². The quantitative estimate of drug-likeness (QED) is 0.718. The highest BCUT2D eigenvalue weighted by atomic mass is 35.5. The molecule has 3 rings (SSSR count). The van der Waals surface area contributed by atoms with Crippen LogP contribution in [0.15, 0.2) is 24.3 Å². The van der Waals surface area contributed by atoms with Crippen molar-refractivity contribution in [3.8, 4) is 11.4 Å². The first-order valence-corrected chi connectivity index (χ1v) is 11.0. The van der Waals surface area contributed by atoms with Crippen LogP contribution in [0.5, 0.6) is 0 Å². The lowest BCUT2D eigenvalue weighted by molar-refractivity contribution is -0.136. The fourth-order valence-electron chi connectivity index (χ4n) is 3.26. The third kappa shape index (κ3) is 4.47. The lowest BCUT2D eigenvalue weighted by Crippen LogP contribution is -2.48. The molecule has 1 aliphatic heterocycles. The number of hydrogen-bond donors (Lipinski definition) is 0. The predicted octanol–water partition coefficient (Wildman–Crippen LogP) is 1.81. The number of amides is 1. The highest BCUT2D eigenvalue weighted by Gasteiger charge is 2.36. The maximum atomic E-state index is 12.9. The van der Waals surface area contributed by atoms with Crippen molar-refractivity contribution < 1.29 is 13.2 Å². The minimum absolute atomic E-state index is 0.0126. The molecular formula is C17H22ClN5O3S.